The Morgan fingerprint density at radius 3 is 2.75 bits per heavy atom. The Bertz CT molecular complexity index is 480. The van der Waals surface area contributed by atoms with Crippen molar-refractivity contribution in [3.8, 4) is 0 Å². The summed E-state index contributed by atoms with van der Waals surface area (Å²) in [6.07, 6.45) is 3.13. The van der Waals surface area contributed by atoms with E-state index in [2.05, 4.69) is 15.3 Å². The number of amides is 1. The highest BCUT2D eigenvalue weighted by Crippen LogP contribution is 2.23. The van der Waals surface area contributed by atoms with Gasteiger partial charge in [-0.1, -0.05) is 6.92 Å². The molecule has 0 spiro atoms. The van der Waals surface area contributed by atoms with Crippen LogP contribution in [0.15, 0.2) is 18.5 Å². The van der Waals surface area contributed by atoms with Crippen LogP contribution in [0.25, 0.3) is 0 Å². The summed E-state index contributed by atoms with van der Waals surface area (Å²) in [5.74, 6) is -0.0982. The van der Waals surface area contributed by atoms with E-state index in [1.54, 1.807) is 18.5 Å². The van der Waals surface area contributed by atoms with Gasteiger partial charge in [0.05, 0.1) is 19.6 Å². The maximum atomic E-state index is 11.9. The molecule has 7 nitrogen and oxygen atoms in total. The van der Waals surface area contributed by atoms with Crippen LogP contribution in [0.1, 0.15) is 6.92 Å². The number of hydrogen-bond acceptors (Lipinski definition) is 6. The van der Waals surface area contributed by atoms with E-state index in [1.165, 1.54) is 7.11 Å². The summed E-state index contributed by atoms with van der Waals surface area (Å²) in [7, 11) is 1.39. The molecule has 108 valence electrons. The average Bonchev–Trinajstić information content (AvgIpc) is 2.79. The van der Waals surface area contributed by atoms with Gasteiger partial charge in [-0.25, -0.2) is 9.97 Å². The molecule has 1 aromatic heterocycles. The zero-order chi connectivity index (χ0) is 14.5. The maximum absolute atomic E-state index is 11.9. The van der Waals surface area contributed by atoms with E-state index in [1.807, 2.05) is 11.8 Å². The Balaban J connectivity index is 1.85. The number of rotatable bonds is 4. The van der Waals surface area contributed by atoms with Gasteiger partial charge in [0.25, 0.3) is 0 Å². The van der Waals surface area contributed by atoms with Crippen LogP contribution in [-0.4, -0.2) is 53.5 Å². The molecule has 0 saturated carbocycles. The number of nitrogens with one attached hydrogen (secondary N) is 1. The Kier molecular flexibility index (Phi) is 4.62. The fourth-order valence-corrected chi connectivity index (χ4v) is 2.39. The second-order valence-electron chi connectivity index (χ2n) is 4.92. The molecule has 7 heteroatoms. The highest BCUT2D eigenvalue weighted by Gasteiger charge is 2.36. The van der Waals surface area contributed by atoms with Crippen LogP contribution in [0.5, 0.6) is 0 Å². The molecule has 20 heavy (non-hydrogen) atoms. The quantitative estimate of drug-likeness (QED) is 0.790. The Morgan fingerprint density at radius 2 is 2.10 bits per heavy atom. The van der Waals surface area contributed by atoms with Crippen LogP contribution in [0, 0.1) is 11.8 Å². The third-order valence-electron chi connectivity index (χ3n) is 3.38. The first-order valence-corrected chi connectivity index (χ1v) is 6.47. The second-order valence-corrected chi connectivity index (χ2v) is 4.92. The molecule has 1 aliphatic rings. The molecular weight excluding hydrogens is 260 g/mol. The number of likely N-dealkylation sites (tertiary alicyclic amines) is 1. The van der Waals surface area contributed by atoms with Gasteiger partial charge in [-0.3, -0.25) is 19.8 Å². The van der Waals surface area contributed by atoms with Crippen molar-refractivity contribution in [1.82, 2.24) is 14.9 Å². The number of ether oxygens (including phenoxy) is 1. The third-order valence-corrected chi connectivity index (χ3v) is 3.38. The number of esters is 1. The summed E-state index contributed by atoms with van der Waals surface area (Å²) in [4.78, 5) is 33.2. The lowest BCUT2D eigenvalue weighted by Crippen LogP contribution is -2.32. The van der Waals surface area contributed by atoms with Crippen molar-refractivity contribution in [2.24, 2.45) is 11.8 Å². The Hall–Kier alpha value is -2.02. The topological polar surface area (TPSA) is 84.4 Å². The molecule has 1 amide bonds. The highest BCUT2D eigenvalue weighted by atomic mass is 16.5. The maximum Gasteiger partial charge on any atom is 0.310 e. The van der Waals surface area contributed by atoms with Gasteiger partial charge in [0.2, 0.25) is 11.9 Å². The van der Waals surface area contributed by atoms with Crippen LogP contribution in [0.2, 0.25) is 0 Å². The number of methoxy groups -OCH3 is 1. The number of nitrogens with zero attached hydrogens (tertiary/aromatic N) is 3. The molecule has 0 radical (unpaired) electrons. The molecule has 0 bridgehead atoms. The van der Waals surface area contributed by atoms with Crippen molar-refractivity contribution in [2.45, 2.75) is 6.92 Å². The predicted molar refractivity (Wildman–Crippen MR) is 71.8 cm³/mol. The van der Waals surface area contributed by atoms with Crippen LogP contribution >= 0.6 is 0 Å². The van der Waals surface area contributed by atoms with Gasteiger partial charge >= 0.3 is 5.97 Å². The lowest BCUT2D eigenvalue weighted by Gasteiger charge is -2.14. The SMILES string of the molecule is COC(=O)C1CN(CC(=O)Nc2ncccn2)CC1C. The van der Waals surface area contributed by atoms with Gasteiger partial charge in [-0.15, -0.1) is 0 Å². The molecule has 1 aliphatic heterocycles. The van der Waals surface area contributed by atoms with E-state index < -0.39 is 0 Å². The first-order chi connectivity index (χ1) is 9.60. The highest BCUT2D eigenvalue weighted by molar-refractivity contribution is 5.90. The molecule has 2 heterocycles. The fraction of sp³-hybridized carbons (Fsp3) is 0.538. The van der Waals surface area contributed by atoms with E-state index in [0.717, 1.165) is 0 Å². The normalized spacial score (nSPS) is 22.5. The van der Waals surface area contributed by atoms with E-state index >= 15 is 0 Å². The Morgan fingerprint density at radius 1 is 1.40 bits per heavy atom. The summed E-state index contributed by atoms with van der Waals surface area (Å²) < 4.78 is 4.77. The first kappa shape index (κ1) is 14.4. The molecule has 0 aromatic carbocycles. The van der Waals surface area contributed by atoms with Gasteiger partial charge in [-0.2, -0.15) is 0 Å². The molecule has 1 N–H and O–H groups in total. The van der Waals surface area contributed by atoms with Crippen molar-refractivity contribution in [1.29, 1.82) is 0 Å². The Labute approximate surface area is 117 Å². The number of aromatic nitrogens is 2. The number of hydrogen-bond donors (Lipinski definition) is 1. The van der Waals surface area contributed by atoms with Crippen LogP contribution < -0.4 is 5.32 Å². The van der Waals surface area contributed by atoms with E-state index in [-0.39, 0.29) is 36.2 Å². The minimum atomic E-state index is -0.216. The minimum absolute atomic E-state index is 0.166. The van der Waals surface area contributed by atoms with Gasteiger partial charge < -0.3 is 4.74 Å². The van der Waals surface area contributed by atoms with Gasteiger partial charge in [0, 0.05) is 25.5 Å². The predicted octanol–water partition coefficient (Wildman–Crippen LogP) is 0.156. The van der Waals surface area contributed by atoms with Gasteiger partial charge in [0.1, 0.15) is 0 Å². The van der Waals surface area contributed by atoms with Crippen molar-refractivity contribution >= 4 is 17.8 Å². The molecule has 2 atom stereocenters. The monoisotopic (exact) mass is 278 g/mol. The summed E-state index contributed by atoms with van der Waals surface area (Å²) in [5.41, 5.74) is 0. The summed E-state index contributed by atoms with van der Waals surface area (Å²) in [6.45, 7) is 3.44. The zero-order valence-corrected chi connectivity index (χ0v) is 11.6. The first-order valence-electron chi connectivity index (χ1n) is 6.47. The largest absolute Gasteiger partial charge is 0.469 e. The molecule has 2 rings (SSSR count). The molecule has 1 saturated heterocycles. The van der Waals surface area contributed by atoms with Gasteiger partial charge in [0.15, 0.2) is 0 Å². The van der Waals surface area contributed by atoms with Crippen molar-refractivity contribution in [3.63, 3.8) is 0 Å². The zero-order valence-electron chi connectivity index (χ0n) is 11.6. The van der Waals surface area contributed by atoms with Crippen LogP contribution in [0.3, 0.4) is 0 Å². The molecule has 2 unspecified atom stereocenters. The number of carbonyl (C=O) groups excluding carboxylic acids is 2. The minimum Gasteiger partial charge on any atom is -0.469 e. The fourth-order valence-electron chi connectivity index (χ4n) is 2.39. The van der Waals surface area contributed by atoms with E-state index in [0.29, 0.717) is 13.1 Å². The smallest absolute Gasteiger partial charge is 0.310 e. The molecular formula is C13H18N4O3. The number of carbonyl (C=O) groups is 2. The standard InChI is InChI=1S/C13H18N4O3/c1-9-6-17(7-10(9)12(19)20-2)8-11(18)16-13-14-4-3-5-15-13/h3-5,9-10H,6-8H2,1-2H3,(H,14,15,16,18). The van der Waals surface area contributed by atoms with E-state index in [9.17, 15) is 9.59 Å². The van der Waals surface area contributed by atoms with Crippen molar-refractivity contribution in [3.05, 3.63) is 18.5 Å². The second kappa shape index (κ2) is 6.42. The van der Waals surface area contributed by atoms with Crippen molar-refractivity contribution in [2.75, 3.05) is 32.1 Å². The van der Waals surface area contributed by atoms with Crippen molar-refractivity contribution < 1.29 is 14.3 Å². The molecule has 0 aliphatic carbocycles. The summed E-state index contributed by atoms with van der Waals surface area (Å²) >= 11 is 0. The summed E-state index contributed by atoms with van der Waals surface area (Å²) in [6, 6.07) is 1.68. The third kappa shape index (κ3) is 3.51. The number of anilines is 1. The molecule has 1 aromatic rings. The van der Waals surface area contributed by atoms with Crippen LogP contribution in [0.4, 0.5) is 5.95 Å². The molecule has 1 fully saturated rings. The van der Waals surface area contributed by atoms with Gasteiger partial charge in [-0.05, 0) is 12.0 Å². The average molecular weight is 278 g/mol. The lowest BCUT2D eigenvalue weighted by atomic mass is 9.99. The van der Waals surface area contributed by atoms with E-state index in [4.69, 9.17) is 4.74 Å². The van der Waals surface area contributed by atoms with Crippen LogP contribution in [-0.2, 0) is 14.3 Å². The summed E-state index contributed by atoms with van der Waals surface area (Å²) in [5, 5.41) is 2.62. The lowest BCUT2D eigenvalue weighted by molar-refractivity contribution is -0.146.